The van der Waals surface area contributed by atoms with Crippen molar-refractivity contribution in [3.63, 3.8) is 0 Å². The molecule has 0 unspecified atom stereocenters. The van der Waals surface area contributed by atoms with E-state index in [0.29, 0.717) is 12.1 Å². The van der Waals surface area contributed by atoms with Gasteiger partial charge in [-0.25, -0.2) is 9.97 Å². The van der Waals surface area contributed by atoms with Crippen molar-refractivity contribution in [3.05, 3.63) is 11.9 Å². The zero-order chi connectivity index (χ0) is 12.3. The largest absolute Gasteiger partial charge is 0.378 e. The van der Waals surface area contributed by atoms with Crippen LogP contribution in [0.3, 0.4) is 0 Å². The topological polar surface area (TPSA) is 59.1 Å². The van der Waals surface area contributed by atoms with E-state index in [9.17, 15) is 0 Å². The van der Waals surface area contributed by atoms with E-state index < -0.39 is 0 Å². The minimum atomic E-state index is 0.421. The Kier molecular flexibility index (Phi) is 3.78. The molecular weight excluding hydrogens is 216 g/mol. The van der Waals surface area contributed by atoms with E-state index in [4.69, 9.17) is 4.74 Å². The normalized spacial score (nSPS) is 23.0. The molecule has 0 amide bonds. The van der Waals surface area contributed by atoms with E-state index in [1.165, 1.54) is 0 Å². The summed E-state index contributed by atoms with van der Waals surface area (Å²) in [7, 11) is 1.86. The first kappa shape index (κ1) is 12.1. The van der Waals surface area contributed by atoms with Crippen molar-refractivity contribution in [2.24, 2.45) is 0 Å². The molecule has 1 heterocycles. The fourth-order valence-corrected chi connectivity index (χ4v) is 2.03. The summed E-state index contributed by atoms with van der Waals surface area (Å²) in [5, 5.41) is 6.44. The maximum Gasteiger partial charge on any atom is 0.132 e. The summed E-state index contributed by atoms with van der Waals surface area (Å²) >= 11 is 0. The van der Waals surface area contributed by atoms with Gasteiger partial charge in [0.2, 0.25) is 0 Å². The van der Waals surface area contributed by atoms with Crippen LogP contribution in [0, 0.1) is 6.92 Å². The van der Waals surface area contributed by atoms with Crippen LogP contribution in [0.2, 0.25) is 0 Å². The molecule has 1 aliphatic rings. The molecule has 1 aromatic rings. The van der Waals surface area contributed by atoms with E-state index in [1.807, 2.05) is 27.0 Å². The maximum atomic E-state index is 5.53. The maximum absolute atomic E-state index is 5.53. The Hall–Kier alpha value is -1.36. The molecule has 2 rings (SSSR count). The van der Waals surface area contributed by atoms with Crippen LogP contribution in [0.4, 0.5) is 11.6 Å². The van der Waals surface area contributed by atoms with Crippen LogP contribution in [0.25, 0.3) is 0 Å². The van der Waals surface area contributed by atoms with E-state index in [2.05, 4.69) is 20.6 Å². The quantitative estimate of drug-likeness (QED) is 0.816. The average molecular weight is 236 g/mol. The first-order valence-electron chi connectivity index (χ1n) is 6.12. The Morgan fingerprint density at radius 2 is 2.06 bits per heavy atom. The van der Waals surface area contributed by atoms with Crippen molar-refractivity contribution in [3.8, 4) is 0 Å². The zero-order valence-corrected chi connectivity index (χ0v) is 10.7. The molecule has 1 aliphatic carbocycles. The Labute approximate surface area is 102 Å². The van der Waals surface area contributed by atoms with Gasteiger partial charge in [-0.05, 0) is 26.7 Å². The van der Waals surface area contributed by atoms with Crippen LogP contribution < -0.4 is 10.6 Å². The van der Waals surface area contributed by atoms with Gasteiger partial charge in [-0.3, -0.25) is 0 Å². The lowest BCUT2D eigenvalue weighted by atomic mass is 9.89. The third-order valence-corrected chi connectivity index (χ3v) is 2.94. The number of ether oxygens (including phenoxy) is 1. The molecule has 1 fully saturated rings. The lowest BCUT2D eigenvalue weighted by Crippen LogP contribution is -2.41. The molecule has 5 heteroatoms. The van der Waals surface area contributed by atoms with Gasteiger partial charge in [-0.2, -0.15) is 0 Å². The van der Waals surface area contributed by atoms with Gasteiger partial charge in [0, 0.05) is 25.8 Å². The Bertz CT molecular complexity index is 377. The van der Waals surface area contributed by atoms with Gasteiger partial charge in [0.25, 0.3) is 0 Å². The van der Waals surface area contributed by atoms with Crippen LogP contribution in [-0.2, 0) is 4.74 Å². The highest BCUT2D eigenvalue weighted by molar-refractivity contribution is 5.47. The summed E-state index contributed by atoms with van der Waals surface area (Å²) in [6, 6.07) is 2.41. The summed E-state index contributed by atoms with van der Waals surface area (Å²) in [6.07, 6.45) is 2.54. The molecular formula is C12H20N4O. The Morgan fingerprint density at radius 3 is 2.71 bits per heavy atom. The summed E-state index contributed by atoms with van der Waals surface area (Å²) in [4.78, 5) is 8.63. The Balaban J connectivity index is 1.89. The van der Waals surface area contributed by atoms with Crippen molar-refractivity contribution in [1.82, 2.24) is 9.97 Å². The molecule has 1 aromatic heterocycles. The third-order valence-electron chi connectivity index (χ3n) is 2.94. The minimum Gasteiger partial charge on any atom is -0.378 e. The molecule has 2 N–H and O–H groups in total. The molecule has 17 heavy (non-hydrogen) atoms. The average Bonchev–Trinajstić information content (AvgIpc) is 2.25. The van der Waals surface area contributed by atoms with E-state index in [1.54, 1.807) is 0 Å². The number of anilines is 2. The van der Waals surface area contributed by atoms with Gasteiger partial charge >= 0.3 is 0 Å². The highest BCUT2D eigenvalue weighted by atomic mass is 16.5. The molecule has 0 radical (unpaired) electrons. The summed E-state index contributed by atoms with van der Waals surface area (Å²) < 4.78 is 5.53. The fraction of sp³-hybridized carbons (Fsp3) is 0.667. The smallest absolute Gasteiger partial charge is 0.132 e. The van der Waals surface area contributed by atoms with Gasteiger partial charge in [-0.1, -0.05) is 0 Å². The number of hydrogen-bond acceptors (Lipinski definition) is 5. The SMILES string of the molecule is CCOC1CC(Nc2cc(NC)nc(C)n2)C1. The van der Waals surface area contributed by atoms with Gasteiger partial charge in [0.05, 0.1) is 6.10 Å². The van der Waals surface area contributed by atoms with Crippen molar-refractivity contribution >= 4 is 11.6 Å². The van der Waals surface area contributed by atoms with E-state index in [0.717, 1.165) is 36.9 Å². The zero-order valence-electron chi connectivity index (χ0n) is 10.7. The van der Waals surface area contributed by atoms with E-state index >= 15 is 0 Å². The molecule has 0 bridgehead atoms. The minimum absolute atomic E-state index is 0.421. The lowest BCUT2D eigenvalue weighted by molar-refractivity contribution is 0.00292. The summed E-state index contributed by atoms with van der Waals surface area (Å²) in [5.41, 5.74) is 0. The number of rotatable bonds is 5. The van der Waals surface area contributed by atoms with Gasteiger partial charge in [0.15, 0.2) is 0 Å². The summed E-state index contributed by atoms with van der Waals surface area (Å²) in [6.45, 7) is 4.73. The van der Waals surface area contributed by atoms with Crippen LogP contribution in [0.15, 0.2) is 6.07 Å². The van der Waals surface area contributed by atoms with Crippen LogP contribution in [0.5, 0.6) is 0 Å². The third kappa shape index (κ3) is 3.06. The summed E-state index contributed by atoms with van der Waals surface area (Å²) in [5.74, 6) is 2.52. The molecule has 0 atom stereocenters. The predicted molar refractivity (Wildman–Crippen MR) is 68.4 cm³/mol. The second kappa shape index (κ2) is 5.31. The highest BCUT2D eigenvalue weighted by Gasteiger charge is 2.29. The fourth-order valence-electron chi connectivity index (χ4n) is 2.03. The second-order valence-corrected chi connectivity index (χ2v) is 4.33. The van der Waals surface area contributed by atoms with Crippen molar-refractivity contribution in [1.29, 1.82) is 0 Å². The molecule has 0 spiro atoms. The standard InChI is InChI=1S/C12H20N4O/c1-4-17-10-5-9(6-10)16-12-7-11(13-3)14-8(2)15-12/h7,9-10H,4-6H2,1-3H3,(H2,13,14,15,16). The van der Waals surface area contributed by atoms with Crippen LogP contribution in [-0.4, -0.2) is 35.8 Å². The predicted octanol–water partition coefficient (Wildman–Crippen LogP) is 1.81. The monoisotopic (exact) mass is 236 g/mol. The number of aryl methyl sites for hydroxylation is 1. The van der Waals surface area contributed by atoms with Gasteiger partial charge in [0.1, 0.15) is 17.5 Å². The van der Waals surface area contributed by atoms with Crippen molar-refractivity contribution in [2.75, 3.05) is 24.3 Å². The molecule has 0 aromatic carbocycles. The van der Waals surface area contributed by atoms with Crippen LogP contribution in [0.1, 0.15) is 25.6 Å². The first-order chi connectivity index (χ1) is 8.21. The van der Waals surface area contributed by atoms with Crippen molar-refractivity contribution in [2.45, 2.75) is 38.8 Å². The molecule has 1 saturated carbocycles. The number of hydrogen-bond donors (Lipinski definition) is 2. The second-order valence-electron chi connectivity index (χ2n) is 4.33. The van der Waals surface area contributed by atoms with Crippen molar-refractivity contribution < 1.29 is 4.74 Å². The number of nitrogens with one attached hydrogen (secondary N) is 2. The molecule has 0 aliphatic heterocycles. The molecule has 0 saturated heterocycles. The number of aromatic nitrogens is 2. The highest BCUT2D eigenvalue weighted by Crippen LogP contribution is 2.26. The van der Waals surface area contributed by atoms with Gasteiger partial charge in [-0.15, -0.1) is 0 Å². The first-order valence-corrected chi connectivity index (χ1v) is 6.12. The van der Waals surface area contributed by atoms with Crippen LogP contribution >= 0.6 is 0 Å². The van der Waals surface area contributed by atoms with E-state index in [-0.39, 0.29) is 0 Å². The molecule has 94 valence electrons. The Morgan fingerprint density at radius 1 is 1.35 bits per heavy atom. The van der Waals surface area contributed by atoms with Gasteiger partial charge < -0.3 is 15.4 Å². The molecule has 5 nitrogen and oxygen atoms in total. The lowest BCUT2D eigenvalue weighted by Gasteiger charge is -2.35. The number of nitrogens with zero attached hydrogens (tertiary/aromatic N) is 2.